The van der Waals surface area contributed by atoms with Gasteiger partial charge >= 0.3 is 0 Å². The minimum absolute atomic E-state index is 0.235. The Morgan fingerprint density at radius 1 is 1.12 bits per heavy atom. The maximum atomic E-state index is 6.06. The summed E-state index contributed by atoms with van der Waals surface area (Å²) in [4.78, 5) is 0. The van der Waals surface area contributed by atoms with E-state index < -0.39 is 0 Å². The van der Waals surface area contributed by atoms with Crippen LogP contribution in [0.5, 0.6) is 0 Å². The molecule has 0 bridgehead atoms. The highest BCUT2D eigenvalue weighted by molar-refractivity contribution is 5.21. The SMILES string of the molecule is CCc1ccc(COC2CCCCC2N)cc1. The molecule has 0 radical (unpaired) electrons. The van der Waals surface area contributed by atoms with Crippen molar-refractivity contribution in [2.24, 2.45) is 5.73 Å². The van der Waals surface area contributed by atoms with Gasteiger partial charge in [0.2, 0.25) is 0 Å². The minimum Gasteiger partial charge on any atom is -0.372 e. The van der Waals surface area contributed by atoms with Crippen LogP contribution in [0.3, 0.4) is 0 Å². The molecule has 94 valence electrons. The number of benzene rings is 1. The number of hydrogen-bond donors (Lipinski definition) is 1. The van der Waals surface area contributed by atoms with E-state index in [2.05, 4.69) is 31.2 Å². The lowest BCUT2D eigenvalue weighted by molar-refractivity contribution is 0.00404. The molecule has 0 saturated heterocycles. The van der Waals surface area contributed by atoms with Crippen LogP contribution in [0, 0.1) is 0 Å². The first-order valence-electron chi connectivity index (χ1n) is 6.74. The Morgan fingerprint density at radius 2 is 1.76 bits per heavy atom. The van der Waals surface area contributed by atoms with E-state index in [1.54, 1.807) is 0 Å². The van der Waals surface area contributed by atoms with Crippen molar-refractivity contribution >= 4 is 0 Å². The smallest absolute Gasteiger partial charge is 0.0730 e. The van der Waals surface area contributed by atoms with E-state index in [-0.39, 0.29) is 12.1 Å². The van der Waals surface area contributed by atoms with Crippen LogP contribution in [-0.2, 0) is 17.8 Å². The van der Waals surface area contributed by atoms with Gasteiger partial charge in [-0.15, -0.1) is 0 Å². The van der Waals surface area contributed by atoms with Gasteiger partial charge in [-0.25, -0.2) is 0 Å². The molecule has 0 spiro atoms. The second-order valence-electron chi connectivity index (χ2n) is 4.97. The number of ether oxygens (including phenoxy) is 1. The van der Waals surface area contributed by atoms with Crippen molar-refractivity contribution in [3.05, 3.63) is 35.4 Å². The monoisotopic (exact) mass is 233 g/mol. The first-order chi connectivity index (χ1) is 8.29. The van der Waals surface area contributed by atoms with E-state index in [0.717, 1.165) is 19.3 Å². The van der Waals surface area contributed by atoms with Crippen LogP contribution >= 0.6 is 0 Å². The van der Waals surface area contributed by atoms with Crippen molar-refractivity contribution in [3.63, 3.8) is 0 Å². The molecule has 2 N–H and O–H groups in total. The van der Waals surface area contributed by atoms with Crippen molar-refractivity contribution in [1.29, 1.82) is 0 Å². The van der Waals surface area contributed by atoms with Crippen LogP contribution in [0.1, 0.15) is 43.7 Å². The van der Waals surface area contributed by atoms with Gasteiger partial charge in [-0.3, -0.25) is 0 Å². The maximum Gasteiger partial charge on any atom is 0.0730 e. The number of hydrogen-bond acceptors (Lipinski definition) is 2. The molecule has 1 fully saturated rings. The molecule has 2 nitrogen and oxygen atoms in total. The first kappa shape index (κ1) is 12.6. The van der Waals surface area contributed by atoms with Crippen LogP contribution in [0.4, 0.5) is 0 Å². The third-order valence-electron chi connectivity index (χ3n) is 3.65. The Morgan fingerprint density at radius 3 is 2.41 bits per heavy atom. The summed E-state index contributed by atoms with van der Waals surface area (Å²) in [7, 11) is 0. The third kappa shape index (κ3) is 3.55. The van der Waals surface area contributed by atoms with Gasteiger partial charge in [0, 0.05) is 6.04 Å². The van der Waals surface area contributed by atoms with E-state index >= 15 is 0 Å². The quantitative estimate of drug-likeness (QED) is 0.867. The first-order valence-corrected chi connectivity index (χ1v) is 6.74. The van der Waals surface area contributed by atoms with Crippen molar-refractivity contribution in [1.82, 2.24) is 0 Å². The Bertz CT molecular complexity index is 333. The zero-order valence-corrected chi connectivity index (χ0v) is 10.7. The van der Waals surface area contributed by atoms with Crippen LogP contribution in [-0.4, -0.2) is 12.1 Å². The molecule has 0 aromatic heterocycles. The van der Waals surface area contributed by atoms with E-state index in [9.17, 15) is 0 Å². The fraction of sp³-hybridized carbons (Fsp3) is 0.600. The zero-order valence-electron chi connectivity index (χ0n) is 10.7. The molecule has 0 heterocycles. The van der Waals surface area contributed by atoms with Gasteiger partial charge in [-0.1, -0.05) is 44.0 Å². The lowest BCUT2D eigenvalue weighted by Crippen LogP contribution is -2.39. The molecular formula is C15H23NO. The summed E-state index contributed by atoms with van der Waals surface area (Å²) >= 11 is 0. The predicted molar refractivity (Wildman–Crippen MR) is 70.8 cm³/mol. The highest BCUT2D eigenvalue weighted by Crippen LogP contribution is 2.20. The van der Waals surface area contributed by atoms with E-state index in [1.807, 2.05) is 0 Å². The van der Waals surface area contributed by atoms with Gasteiger partial charge < -0.3 is 10.5 Å². The Labute approximate surface area is 104 Å². The Kier molecular flexibility index (Phi) is 4.57. The van der Waals surface area contributed by atoms with Gasteiger partial charge in [-0.05, 0) is 30.4 Å². The van der Waals surface area contributed by atoms with Crippen LogP contribution in [0.2, 0.25) is 0 Å². The summed E-state index contributed by atoms with van der Waals surface area (Å²) in [5, 5.41) is 0. The number of rotatable bonds is 4. The summed E-state index contributed by atoms with van der Waals surface area (Å²) in [6.45, 7) is 2.87. The van der Waals surface area contributed by atoms with Crippen LogP contribution in [0.15, 0.2) is 24.3 Å². The summed E-state index contributed by atoms with van der Waals surface area (Å²) in [5.74, 6) is 0. The average molecular weight is 233 g/mol. The molecule has 17 heavy (non-hydrogen) atoms. The Balaban J connectivity index is 1.84. The Hall–Kier alpha value is -0.860. The van der Waals surface area contributed by atoms with Crippen molar-refractivity contribution in [2.75, 3.05) is 0 Å². The number of aryl methyl sites for hydroxylation is 1. The van der Waals surface area contributed by atoms with Gasteiger partial charge in [0.1, 0.15) is 0 Å². The largest absolute Gasteiger partial charge is 0.372 e. The summed E-state index contributed by atoms with van der Waals surface area (Å²) in [6.07, 6.45) is 6.09. The van der Waals surface area contributed by atoms with E-state index in [1.165, 1.54) is 24.0 Å². The maximum absolute atomic E-state index is 6.06. The van der Waals surface area contributed by atoms with Crippen molar-refractivity contribution in [3.8, 4) is 0 Å². The number of nitrogens with two attached hydrogens (primary N) is 1. The third-order valence-corrected chi connectivity index (χ3v) is 3.65. The molecule has 1 aromatic carbocycles. The highest BCUT2D eigenvalue weighted by atomic mass is 16.5. The lowest BCUT2D eigenvalue weighted by Gasteiger charge is -2.28. The molecule has 2 heteroatoms. The summed E-state index contributed by atoms with van der Waals surface area (Å²) in [5.41, 5.74) is 8.69. The second-order valence-corrected chi connectivity index (χ2v) is 4.97. The fourth-order valence-electron chi connectivity index (χ4n) is 2.41. The topological polar surface area (TPSA) is 35.2 Å². The lowest BCUT2D eigenvalue weighted by atomic mass is 9.93. The molecule has 1 saturated carbocycles. The molecule has 2 rings (SSSR count). The van der Waals surface area contributed by atoms with Gasteiger partial charge in [0.15, 0.2) is 0 Å². The van der Waals surface area contributed by atoms with Gasteiger partial charge in [0.05, 0.1) is 12.7 Å². The molecule has 2 unspecified atom stereocenters. The molecule has 1 aliphatic carbocycles. The van der Waals surface area contributed by atoms with Crippen LogP contribution in [0.25, 0.3) is 0 Å². The normalized spacial score (nSPS) is 24.8. The van der Waals surface area contributed by atoms with E-state index in [0.29, 0.717) is 6.61 Å². The molecule has 1 aliphatic rings. The van der Waals surface area contributed by atoms with Crippen LogP contribution < -0.4 is 5.73 Å². The molecule has 0 aliphatic heterocycles. The molecule has 0 amide bonds. The fourth-order valence-corrected chi connectivity index (χ4v) is 2.41. The standard InChI is InChI=1S/C15H23NO/c1-2-12-7-9-13(10-8-12)11-17-15-6-4-3-5-14(15)16/h7-10,14-15H,2-6,11,16H2,1H3. The second kappa shape index (κ2) is 6.18. The summed E-state index contributed by atoms with van der Waals surface area (Å²) < 4.78 is 5.93. The van der Waals surface area contributed by atoms with Crippen molar-refractivity contribution in [2.45, 2.75) is 57.8 Å². The molecule has 2 atom stereocenters. The summed E-state index contributed by atoms with van der Waals surface area (Å²) in [6, 6.07) is 8.91. The molecular weight excluding hydrogens is 210 g/mol. The minimum atomic E-state index is 0.235. The zero-order chi connectivity index (χ0) is 12.1. The van der Waals surface area contributed by atoms with Gasteiger partial charge in [0.25, 0.3) is 0 Å². The predicted octanol–water partition coefficient (Wildman–Crippen LogP) is 3.04. The average Bonchev–Trinajstić information content (AvgIpc) is 2.38. The van der Waals surface area contributed by atoms with Gasteiger partial charge in [-0.2, -0.15) is 0 Å². The highest BCUT2D eigenvalue weighted by Gasteiger charge is 2.22. The van der Waals surface area contributed by atoms with E-state index in [4.69, 9.17) is 10.5 Å². The molecule has 1 aromatic rings. The van der Waals surface area contributed by atoms with Crippen molar-refractivity contribution < 1.29 is 4.74 Å².